The molecule has 3 rings (SSSR count). The molecule has 1 aliphatic heterocycles. The Balaban J connectivity index is 1.94. The Morgan fingerprint density at radius 3 is 2.26 bits per heavy atom. The summed E-state index contributed by atoms with van der Waals surface area (Å²) < 4.78 is 5.88. The van der Waals surface area contributed by atoms with Crippen molar-refractivity contribution in [3.8, 4) is 0 Å². The van der Waals surface area contributed by atoms with E-state index >= 15 is 0 Å². The number of aryl methyl sites for hydroxylation is 1. The van der Waals surface area contributed by atoms with E-state index in [0.29, 0.717) is 6.42 Å². The molecule has 1 heterocycles. The molecule has 0 spiro atoms. The number of hydrogen-bond acceptors (Lipinski definition) is 3. The molecule has 1 atom stereocenters. The Hall–Kier alpha value is -2.07. The summed E-state index contributed by atoms with van der Waals surface area (Å²) in [4.78, 5) is 12.1. The molecular formula is C19H17BrO3. The summed E-state index contributed by atoms with van der Waals surface area (Å²) in [5.41, 5.74) is 1.23. The summed E-state index contributed by atoms with van der Waals surface area (Å²) in [6.07, 6.45) is 1.64. The van der Waals surface area contributed by atoms with E-state index in [1.54, 1.807) is 0 Å². The van der Waals surface area contributed by atoms with Gasteiger partial charge in [0.2, 0.25) is 0 Å². The topological polar surface area (TPSA) is 46.5 Å². The largest absolute Gasteiger partial charge is 0.511 e. The van der Waals surface area contributed by atoms with Crippen LogP contribution in [-0.4, -0.2) is 11.1 Å². The number of halogens is 1. The van der Waals surface area contributed by atoms with Crippen LogP contribution >= 0.6 is 15.9 Å². The van der Waals surface area contributed by atoms with Gasteiger partial charge in [-0.1, -0.05) is 60.7 Å². The van der Waals surface area contributed by atoms with Gasteiger partial charge in [0.25, 0.3) is 0 Å². The summed E-state index contributed by atoms with van der Waals surface area (Å²) in [6, 6.07) is 19.7. The van der Waals surface area contributed by atoms with Crippen LogP contribution in [-0.2, 0) is 21.6 Å². The van der Waals surface area contributed by atoms with Crippen LogP contribution < -0.4 is 0 Å². The van der Waals surface area contributed by atoms with Gasteiger partial charge >= 0.3 is 5.97 Å². The molecule has 0 saturated heterocycles. The minimum Gasteiger partial charge on any atom is -0.511 e. The van der Waals surface area contributed by atoms with Crippen molar-refractivity contribution in [3.05, 3.63) is 82.0 Å². The molecule has 0 saturated carbocycles. The van der Waals surface area contributed by atoms with Crippen LogP contribution in [0.2, 0.25) is 0 Å². The lowest BCUT2D eigenvalue weighted by Gasteiger charge is -2.37. The normalized spacial score (nSPS) is 21.2. The number of aliphatic hydroxyl groups excluding tert-OH is 1. The zero-order chi connectivity index (χ0) is 16.3. The summed E-state index contributed by atoms with van der Waals surface area (Å²) in [5.74, 6) is -0.483. The van der Waals surface area contributed by atoms with Gasteiger partial charge in [0.05, 0.1) is 6.42 Å². The maximum absolute atomic E-state index is 12.1. The first-order valence-corrected chi connectivity index (χ1v) is 8.30. The molecule has 3 nitrogen and oxygen atoms in total. The first-order chi connectivity index (χ1) is 11.1. The average molecular weight is 373 g/mol. The van der Waals surface area contributed by atoms with E-state index < -0.39 is 11.6 Å². The molecule has 4 heteroatoms. The van der Waals surface area contributed by atoms with Crippen molar-refractivity contribution in [1.29, 1.82) is 0 Å². The summed E-state index contributed by atoms with van der Waals surface area (Å²) in [5, 5.41) is 10.2. The lowest BCUT2D eigenvalue weighted by molar-refractivity contribution is -0.160. The molecule has 1 unspecified atom stereocenters. The Kier molecular flexibility index (Phi) is 4.53. The third kappa shape index (κ3) is 3.32. The fraction of sp³-hybridized carbons (Fsp3) is 0.211. The van der Waals surface area contributed by atoms with Crippen LogP contribution in [0.5, 0.6) is 0 Å². The van der Waals surface area contributed by atoms with Crippen LogP contribution in [0.4, 0.5) is 0 Å². The number of hydrogen-bond donors (Lipinski definition) is 1. The van der Waals surface area contributed by atoms with Gasteiger partial charge in [-0.15, -0.1) is 0 Å². The molecule has 1 N–H and O–H groups in total. The molecular weight excluding hydrogens is 356 g/mol. The maximum atomic E-state index is 12.1. The molecule has 0 bridgehead atoms. The Labute approximate surface area is 143 Å². The lowest BCUT2D eigenvalue weighted by atomic mass is 9.83. The van der Waals surface area contributed by atoms with Gasteiger partial charge in [-0.3, -0.25) is 0 Å². The van der Waals surface area contributed by atoms with Gasteiger partial charge < -0.3 is 9.84 Å². The van der Waals surface area contributed by atoms with E-state index in [1.807, 2.05) is 48.5 Å². The van der Waals surface area contributed by atoms with Crippen molar-refractivity contribution >= 4 is 21.9 Å². The highest BCUT2D eigenvalue weighted by atomic mass is 79.9. The fourth-order valence-corrected chi connectivity index (χ4v) is 3.12. The molecule has 0 aliphatic carbocycles. The van der Waals surface area contributed by atoms with Crippen molar-refractivity contribution in [2.75, 3.05) is 0 Å². The highest BCUT2D eigenvalue weighted by Crippen LogP contribution is 2.42. The van der Waals surface area contributed by atoms with Crippen molar-refractivity contribution in [2.24, 2.45) is 0 Å². The second-order valence-electron chi connectivity index (χ2n) is 5.67. The molecule has 118 valence electrons. The number of cyclic esters (lactones) is 1. The SMILES string of the molecule is O=C1OC(CCc2ccccc2)(c2ccccc2)CC(O)=C1Br. The quantitative estimate of drug-likeness (QED) is 0.796. The van der Waals surface area contributed by atoms with Crippen molar-refractivity contribution in [1.82, 2.24) is 0 Å². The van der Waals surface area contributed by atoms with E-state index in [9.17, 15) is 9.90 Å². The van der Waals surface area contributed by atoms with Crippen LogP contribution in [0.1, 0.15) is 24.0 Å². The van der Waals surface area contributed by atoms with Gasteiger partial charge in [0.15, 0.2) is 0 Å². The first-order valence-electron chi connectivity index (χ1n) is 7.51. The Bertz CT molecular complexity index is 725. The number of carbonyl (C=O) groups is 1. The standard InChI is InChI=1S/C19H17BrO3/c20-17-16(21)13-19(23-18(17)22,15-9-5-2-6-10-15)12-11-14-7-3-1-4-8-14/h1-10,21H,11-13H2. The smallest absolute Gasteiger partial charge is 0.349 e. The number of carbonyl (C=O) groups excluding carboxylic acids is 1. The van der Waals surface area contributed by atoms with Gasteiger partial charge in [-0.2, -0.15) is 0 Å². The van der Waals surface area contributed by atoms with Gasteiger partial charge in [-0.25, -0.2) is 4.79 Å². The van der Waals surface area contributed by atoms with Crippen LogP contribution in [0.25, 0.3) is 0 Å². The molecule has 2 aromatic rings. The fourth-order valence-electron chi connectivity index (χ4n) is 2.90. The second kappa shape index (κ2) is 6.59. The molecule has 23 heavy (non-hydrogen) atoms. The van der Waals surface area contributed by atoms with Crippen molar-refractivity contribution < 1.29 is 14.6 Å². The number of aliphatic hydroxyl groups is 1. The average Bonchev–Trinajstić information content (AvgIpc) is 2.59. The molecule has 0 amide bonds. The number of ether oxygens (including phenoxy) is 1. The third-order valence-corrected chi connectivity index (χ3v) is 4.92. The number of rotatable bonds is 4. The van der Waals surface area contributed by atoms with Gasteiger partial charge in [0.1, 0.15) is 15.8 Å². The molecule has 2 aromatic carbocycles. The van der Waals surface area contributed by atoms with Crippen LogP contribution in [0.3, 0.4) is 0 Å². The second-order valence-corrected chi connectivity index (χ2v) is 6.47. The predicted molar refractivity (Wildman–Crippen MR) is 92.2 cm³/mol. The van der Waals surface area contributed by atoms with E-state index in [2.05, 4.69) is 28.1 Å². The van der Waals surface area contributed by atoms with Crippen LogP contribution in [0, 0.1) is 0 Å². The van der Waals surface area contributed by atoms with E-state index in [0.717, 1.165) is 12.0 Å². The van der Waals surface area contributed by atoms with Crippen LogP contribution in [0.15, 0.2) is 70.9 Å². The van der Waals surface area contributed by atoms with Gasteiger partial charge in [0, 0.05) is 0 Å². The van der Waals surface area contributed by atoms with E-state index in [1.165, 1.54) is 5.56 Å². The zero-order valence-electron chi connectivity index (χ0n) is 12.5. The Morgan fingerprint density at radius 2 is 1.65 bits per heavy atom. The lowest BCUT2D eigenvalue weighted by Crippen LogP contribution is -2.37. The van der Waals surface area contributed by atoms with Crippen molar-refractivity contribution in [2.45, 2.75) is 24.9 Å². The zero-order valence-corrected chi connectivity index (χ0v) is 14.1. The Morgan fingerprint density at radius 1 is 1.04 bits per heavy atom. The number of esters is 1. The monoisotopic (exact) mass is 372 g/mol. The summed E-state index contributed by atoms with van der Waals surface area (Å²) in [6.45, 7) is 0. The van der Waals surface area contributed by atoms with Crippen molar-refractivity contribution in [3.63, 3.8) is 0 Å². The summed E-state index contributed by atoms with van der Waals surface area (Å²) in [7, 11) is 0. The minimum absolute atomic E-state index is 0.0400. The summed E-state index contributed by atoms with van der Waals surface area (Å²) >= 11 is 3.09. The maximum Gasteiger partial charge on any atom is 0.349 e. The minimum atomic E-state index is -0.838. The van der Waals surface area contributed by atoms with E-state index in [-0.39, 0.29) is 16.7 Å². The highest BCUT2D eigenvalue weighted by molar-refractivity contribution is 9.12. The third-order valence-electron chi connectivity index (χ3n) is 4.13. The number of benzene rings is 2. The molecule has 1 aliphatic rings. The highest BCUT2D eigenvalue weighted by Gasteiger charge is 2.42. The molecule has 0 aromatic heterocycles. The molecule has 0 fully saturated rings. The van der Waals surface area contributed by atoms with Gasteiger partial charge in [-0.05, 0) is 39.9 Å². The predicted octanol–water partition coefficient (Wildman–Crippen LogP) is 4.63. The molecule has 0 radical (unpaired) electrons. The van der Waals surface area contributed by atoms with E-state index in [4.69, 9.17) is 4.74 Å². The first kappa shape index (κ1) is 15.8.